The molecule has 1 aliphatic heterocycles. The van der Waals surface area contributed by atoms with Gasteiger partial charge in [-0.15, -0.1) is 0 Å². The lowest BCUT2D eigenvalue weighted by Crippen LogP contribution is -2.49. The molecule has 0 aliphatic carbocycles. The van der Waals surface area contributed by atoms with E-state index in [0.717, 1.165) is 25.1 Å². The second kappa shape index (κ2) is 4.85. The Morgan fingerprint density at radius 1 is 1.38 bits per heavy atom. The van der Waals surface area contributed by atoms with E-state index < -0.39 is 5.60 Å². The number of aryl methyl sites for hydroxylation is 1. The fourth-order valence-electron chi connectivity index (χ4n) is 1.93. The normalized spacial score (nSPS) is 25.4. The number of piperidine rings is 1. The van der Waals surface area contributed by atoms with Gasteiger partial charge in [0.15, 0.2) is 0 Å². The highest BCUT2D eigenvalue weighted by atomic mass is 16.5. The smallest absolute Gasteiger partial charge is 0.119 e. The van der Waals surface area contributed by atoms with Crippen molar-refractivity contribution in [3.63, 3.8) is 0 Å². The van der Waals surface area contributed by atoms with Gasteiger partial charge in [-0.05, 0) is 38.4 Å². The number of aliphatic hydroxyl groups is 1. The van der Waals surface area contributed by atoms with Crippen LogP contribution in [0.25, 0.3) is 0 Å². The van der Waals surface area contributed by atoms with Crippen LogP contribution in [0.2, 0.25) is 0 Å². The van der Waals surface area contributed by atoms with Gasteiger partial charge in [0, 0.05) is 6.54 Å². The number of nitrogens with one attached hydrogen (secondary N) is 1. The molecule has 0 aromatic heterocycles. The zero-order chi connectivity index (χ0) is 11.4. The summed E-state index contributed by atoms with van der Waals surface area (Å²) in [4.78, 5) is 0. The zero-order valence-electron chi connectivity index (χ0n) is 9.70. The average Bonchev–Trinajstić information content (AvgIpc) is 2.29. The van der Waals surface area contributed by atoms with Crippen molar-refractivity contribution in [1.82, 2.24) is 5.32 Å². The monoisotopic (exact) mass is 221 g/mol. The van der Waals surface area contributed by atoms with E-state index in [2.05, 4.69) is 5.32 Å². The molecule has 0 spiro atoms. The Morgan fingerprint density at radius 3 is 2.75 bits per heavy atom. The van der Waals surface area contributed by atoms with Crippen molar-refractivity contribution in [3.05, 3.63) is 29.8 Å². The second-order valence-electron chi connectivity index (χ2n) is 4.61. The van der Waals surface area contributed by atoms with Gasteiger partial charge >= 0.3 is 0 Å². The summed E-state index contributed by atoms with van der Waals surface area (Å²) in [5, 5.41) is 13.4. The molecule has 3 heteroatoms. The third kappa shape index (κ3) is 2.97. The molecule has 1 aromatic rings. The maximum absolute atomic E-state index is 10.2. The Morgan fingerprint density at radius 2 is 2.12 bits per heavy atom. The standard InChI is InChI=1S/C13H19NO2/c1-11-3-5-12(6-4-11)16-10-13(15)7-2-8-14-9-13/h3-6,14-15H,2,7-10H2,1H3/t13-/m1/s1. The van der Waals surface area contributed by atoms with E-state index >= 15 is 0 Å². The molecule has 3 nitrogen and oxygen atoms in total. The quantitative estimate of drug-likeness (QED) is 0.812. The first kappa shape index (κ1) is 11.4. The van der Waals surface area contributed by atoms with Crippen molar-refractivity contribution in [1.29, 1.82) is 0 Å². The summed E-state index contributed by atoms with van der Waals surface area (Å²) in [6, 6.07) is 7.90. The number of hydrogen-bond acceptors (Lipinski definition) is 3. The molecule has 1 aliphatic rings. The molecule has 1 saturated heterocycles. The summed E-state index contributed by atoms with van der Waals surface area (Å²) in [6.07, 6.45) is 1.82. The van der Waals surface area contributed by atoms with E-state index in [4.69, 9.17) is 4.74 Å². The lowest BCUT2D eigenvalue weighted by molar-refractivity contribution is -0.0230. The van der Waals surface area contributed by atoms with Crippen molar-refractivity contribution < 1.29 is 9.84 Å². The lowest BCUT2D eigenvalue weighted by Gasteiger charge is -2.32. The van der Waals surface area contributed by atoms with E-state index in [1.165, 1.54) is 5.56 Å². The number of β-amino-alcohol motifs (C(OH)–C–C–N with tert-alkyl or cyclic N) is 1. The maximum atomic E-state index is 10.2. The van der Waals surface area contributed by atoms with E-state index in [0.29, 0.717) is 13.2 Å². The molecule has 0 bridgehead atoms. The van der Waals surface area contributed by atoms with Gasteiger partial charge in [0.25, 0.3) is 0 Å². The van der Waals surface area contributed by atoms with Crippen LogP contribution < -0.4 is 10.1 Å². The Balaban J connectivity index is 1.88. The zero-order valence-corrected chi connectivity index (χ0v) is 9.70. The van der Waals surface area contributed by atoms with Crippen LogP contribution in [0.5, 0.6) is 5.75 Å². The summed E-state index contributed by atoms with van der Waals surface area (Å²) in [5.41, 5.74) is 0.508. The van der Waals surface area contributed by atoms with Crippen LogP contribution in [-0.2, 0) is 0 Å². The molecule has 88 valence electrons. The van der Waals surface area contributed by atoms with E-state index in [-0.39, 0.29) is 0 Å². The van der Waals surface area contributed by atoms with Crippen LogP contribution in [0.1, 0.15) is 18.4 Å². The van der Waals surface area contributed by atoms with Crippen molar-refractivity contribution in [2.24, 2.45) is 0 Å². The average molecular weight is 221 g/mol. The van der Waals surface area contributed by atoms with Crippen LogP contribution in [0.4, 0.5) is 0 Å². The topological polar surface area (TPSA) is 41.5 Å². The molecule has 0 unspecified atom stereocenters. The molecular weight excluding hydrogens is 202 g/mol. The summed E-state index contributed by atoms with van der Waals surface area (Å²) in [7, 11) is 0. The summed E-state index contributed by atoms with van der Waals surface area (Å²) < 4.78 is 5.61. The Hall–Kier alpha value is -1.06. The minimum atomic E-state index is -0.705. The number of benzene rings is 1. The van der Waals surface area contributed by atoms with Crippen molar-refractivity contribution in [2.75, 3.05) is 19.7 Å². The van der Waals surface area contributed by atoms with Gasteiger partial charge in [-0.1, -0.05) is 17.7 Å². The van der Waals surface area contributed by atoms with Gasteiger partial charge < -0.3 is 15.2 Å². The Kier molecular flexibility index (Phi) is 3.46. The molecule has 16 heavy (non-hydrogen) atoms. The Bertz CT molecular complexity index is 328. The number of hydrogen-bond donors (Lipinski definition) is 2. The highest BCUT2D eigenvalue weighted by Crippen LogP contribution is 2.19. The summed E-state index contributed by atoms with van der Waals surface area (Å²) in [5.74, 6) is 0.824. The van der Waals surface area contributed by atoms with Gasteiger partial charge in [-0.25, -0.2) is 0 Å². The molecule has 0 radical (unpaired) electrons. The second-order valence-corrected chi connectivity index (χ2v) is 4.61. The first-order chi connectivity index (χ1) is 7.68. The molecule has 2 N–H and O–H groups in total. The molecule has 1 aromatic carbocycles. The molecule has 2 rings (SSSR count). The van der Waals surface area contributed by atoms with Gasteiger partial charge in [0.05, 0.1) is 0 Å². The third-order valence-electron chi connectivity index (χ3n) is 2.98. The third-order valence-corrected chi connectivity index (χ3v) is 2.98. The van der Waals surface area contributed by atoms with Crippen LogP contribution in [0.3, 0.4) is 0 Å². The van der Waals surface area contributed by atoms with Crippen LogP contribution in [0.15, 0.2) is 24.3 Å². The number of ether oxygens (including phenoxy) is 1. The fourth-order valence-corrected chi connectivity index (χ4v) is 1.93. The van der Waals surface area contributed by atoms with E-state index in [1.807, 2.05) is 31.2 Å². The van der Waals surface area contributed by atoms with E-state index in [9.17, 15) is 5.11 Å². The lowest BCUT2D eigenvalue weighted by atomic mass is 9.95. The Labute approximate surface area is 96.4 Å². The maximum Gasteiger partial charge on any atom is 0.119 e. The summed E-state index contributed by atoms with van der Waals surface area (Å²) in [6.45, 7) is 4.02. The van der Waals surface area contributed by atoms with Gasteiger partial charge in [0.1, 0.15) is 18.0 Å². The van der Waals surface area contributed by atoms with Gasteiger partial charge in [0.2, 0.25) is 0 Å². The van der Waals surface area contributed by atoms with Crippen molar-refractivity contribution in [2.45, 2.75) is 25.4 Å². The fraction of sp³-hybridized carbons (Fsp3) is 0.538. The minimum Gasteiger partial charge on any atom is -0.491 e. The minimum absolute atomic E-state index is 0.364. The predicted molar refractivity (Wildman–Crippen MR) is 63.7 cm³/mol. The van der Waals surface area contributed by atoms with Gasteiger partial charge in [-0.2, -0.15) is 0 Å². The first-order valence-corrected chi connectivity index (χ1v) is 5.81. The van der Waals surface area contributed by atoms with E-state index in [1.54, 1.807) is 0 Å². The first-order valence-electron chi connectivity index (χ1n) is 5.81. The summed E-state index contributed by atoms with van der Waals surface area (Å²) >= 11 is 0. The highest BCUT2D eigenvalue weighted by molar-refractivity contribution is 5.26. The molecule has 0 saturated carbocycles. The molecule has 1 heterocycles. The number of rotatable bonds is 3. The molecule has 1 fully saturated rings. The van der Waals surface area contributed by atoms with Crippen LogP contribution in [0, 0.1) is 6.92 Å². The van der Waals surface area contributed by atoms with Crippen LogP contribution in [-0.4, -0.2) is 30.4 Å². The highest BCUT2D eigenvalue weighted by Gasteiger charge is 2.29. The molecular formula is C13H19NO2. The van der Waals surface area contributed by atoms with Crippen LogP contribution >= 0.6 is 0 Å². The van der Waals surface area contributed by atoms with Crippen molar-refractivity contribution >= 4 is 0 Å². The largest absolute Gasteiger partial charge is 0.491 e. The predicted octanol–water partition coefficient (Wildman–Crippen LogP) is 1.49. The SMILES string of the molecule is Cc1ccc(OC[C@@]2(O)CCCNC2)cc1. The van der Waals surface area contributed by atoms with Crippen molar-refractivity contribution in [3.8, 4) is 5.75 Å². The molecule has 1 atom stereocenters. The molecule has 0 amide bonds. The van der Waals surface area contributed by atoms with Gasteiger partial charge in [-0.3, -0.25) is 0 Å².